The van der Waals surface area contributed by atoms with Gasteiger partial charge in [0.1, 0.15) is 0 Å². The highest BCUT2D eigenvalue weighted by atomic mass is 79.9. The van der Waals surface area contributed by atoms with Crippen LogP contribution in [0.3, 0.4) is 0 Å². The maximum absolute atomic E-state index is 11.5. The first-order chi connectivity index (χ1) is 6.18. The summed E-state index contributed by atoms with van der Waals surface area (Å²) in [5.74, 6) is 0.0371. The van der Waals surface area contributed by atoms with Crippen LogP contribution in [0.2, 0.25) is 0 Å². The number of hydrogen-bond acceptors (Lipinski definition) is 1. The van der Waals surface area contributed by atoms with Crippen LogP contribution in [0.25, 0.3) is 0 Å². The van der Waals surface area contributed by atoms with Crippen LogP contribution in [0.5, 0.6) is 0 Å². The van der Waals surface area contributed by atoms with E-state index in [4.69, 9.17) is 0 Å². The Morgan fingerprint density at radius 2 is 2.31 bits per heavy atom. The van der Waals surface area contributed by atoms with Crippen molar-refractivity contribution >= 4 is 21.8 Å². The number of hydrogen-bond donors (Lipinski definition) is 1. The molecule has 0 aromatic heterocycles. The summed E-state index contributed by atoms with van der Waals surface area (Å²) < 4.78 is 1.03. The summed E-state index contributed by atoms with van der Waals surface area (Å²) >= 11 is 3.46. The average molecular weight is 240 g/mol. The minimum absolute atomic E-state index is 0.0371. The minimum atomic E-state index is 0.0371. The second-order valence-corrected chi connectivity index (χ2v) is 4.20. The zero-order valence-corrected chi connectivity index (χ0v) is 8.89. The van der Waals surface area contributed by atoms with E-state index in [1.807, 2.05) is 25.1 Å². The number of benzene rings is 1. The van der Waals surface area contributed by atoms with E-state index < -0.39 is 0 Å². The molecule has 1 N–H and O–H groups in total. The van der Waals surface area contributed by atoms with E-state index in [0.717, 1.165) is 22.0 Å². The fourth-order valence-corrected chi connectivity index (χ4v) is 2.17. The van der Waals surface area contributed by atoms with Gasteiger partial charge in [0.15, 0.2) is 0 Å². The van der Waals surface area contributed by atoms with Crippen molar-refractivity contribution in [2.45, 2.75) is 19.4 Å². The molecule has 0 fully saturated rings. The van der Waals surface area contributed by atoms with Gasteiger partial charge in [-0.25, -0.2) is 0 Å². The Bertz CT molecular complexity index is 362. The zero-order chi connectivity index (χ0) is 9.42. The quantitative estimate of drug-likeness (QED) is 0.739. The largest absolute Gasteiger partial charge is 0.349 e. The van der Waals surface area contributed by atoms with Crippen LogP contribution in [-0.4, -0.2) is 11.9 Å². The van der Waals surface area contributed by atoms with Gasteiger partial charge in [-0.05, 0) is 31.0 Å². The smallest absolute Gasteiger partial charge is 0.251 e. The maximum atomic E-state index is 11.5. The number of nitrogens with one attached hydrogen (secondary N) is 1. The lowest BCUT2D eigenvalue weighted by molar-refractivity contribution is 0.0929. The second kappa shape index (κ2) is 3.14. The van der Waals surface area contributed by atoms with Gasteiger partial charge in [-0.1, -0.05) is 22.0 Å². The van der Waals surface area contributed by atoms with Crippen LogP contribution < -0.4 is 5.32 Å². The fourth-order valence-electron chi connectivity index (χ4n) is 1.64. The standard InChI is InChI=1S/C10H10BrNO/c1-6-5-8-7(10(13)12-6)3-2-4-9(8)11/h2-4,6H,5H2,1H3,(H,12,13)/t6-/m0/s1. The molecule has 0 unspecified atom stereocenters. The molecule has 0 bridgehead atoms. The van der Waals surface area contributed by atoms with Crippen molar-refractivity contribution in [3.8, 4) is 0 Å². The molecule has 0 saturated heterocycles. The van der Waals surface area contributed by atoms with Gasteiger partial charge >= 0.3 is 0 Å². The number of carbonyl (C=O) groups excluding carboxylic acids is 1. The second-order valence-electron chi connectivity index (χ2n) is 3.34. The molecule has 2 rings (SSSR count). The molecular formula is C10H10BrNO. The van der Waals surface area contributed by atoms with Gasteiger partial charge in [0.2, 0.25) is 0 Å². The van der Waals surface area contributed by atoms with Crippen molar-refractivity contribution < 1.29 is 4.79 Å². The predicted octanol–water partition coefficient (Wildman–Crippen LogP) is 2.12. The minimum Gasteiger partial charge on any atom is -0.349 e. The molecular weight excluding hydrogens is 230 g/mol. The van der Waals surface area contributed by atoms with Crippen molar-refractivity contribution in [1.82, 2.24) is 5.32 Å². The van der Waals surface area contributed by atoms with Gasteiger partial charge in [-0.3, -0.25) is 4.79 Å². The van der Waals surface area contributed by atoms with E-state index in [9.17, 15) is 4.79 Å². The van der Waals surface area contributed by atoms with Crippen molar-refractivity contribution in [2.24, 2.45) is 0 Å². The van der Waals surface area contributed by atoms with Crippen LogP contribution in [0.1, 0.15) is 22.8 Å². The van der Waals surface area contributed by atoms with Gasteiger partial charge in [0.25, 0.3) is 5.91 Å². The van der Waals surface area contributed by atoms with Gasteiger partial charge < -0.3 is 5.32 Å². The van der Waals surface area contributed by atoms with E-state index in [2.05, 4.69) is 21.2 Å². The van der Waals surface area contributed by atoms with E-state index in [1.165, 1.54) is 0 Å². The van der Waals surface area contributed by atoms with Gasteiger partial charge in [0.05, 0.1) is 0 Å². The van der Waals surface area contributed by atoms with Crippen LogP contribution in [0, 0.1) is 0 Å². The van der Waals surface area contributed by atoms with E-state index in [1.54, 1.807) is 0 Å². The third-order valence-electron chi connectivity index (χ3n) is 2.25. The molecule has 0 radical (unpaired) electrons. The molecule has 2 nitrogen and oxygen atoms in total. The molecule has 68 valence electrons. The Morgan fingerprint density at radius 1 is 1.54 bits per heavy atom. The van der Waals surface area contributed by atoms with Crippen molar-refractivity contribution in [3.05, 3.63) is 33.8 Å². The fraction of sp³-hybridized carbons (Fsp3) is 0.300. The van der Waals surface area contributed by atoms with Crippen molar-refractivity contribution in [2.75, 3.05) is 0 Å². The predicted molar refractivity (Wildman–Crippen MR) is 54.8 cm³/mol. The van der Waals surface area contributed by atoms with Crippen LogP contribution in [-0.2, 0) is 6.42 Å². The summed E-state index contributed by atoms with van der Waals surface area (Å²) in [5, 5.41) is 2.90. The lowest BCUT2D eigenvalue weighted by atomic mass is 9.96. The lowest BCUT2D eigenvalue weighted by Crippen LogP contribution is -2.39. The van der Waals surface area contributed by atoms with Gasteiger partial charge in [-0.15, -0.1) is 0 Å². The maximum Gasteiger partial charge on any atom is 0.251 e. The van der Waals surface area contributed by atoms with Crippen LogP contribution in [0.15, 0.2) is 22.7 Å². The summed E-state index contributed by atoms with van der Waals surface area (Å²) in [6.07, 6.45) is 0.905. The first kappa shape index (κ1) is 8.75. The van der Waals surface area contributed by atoms with E-state index in [-0.39, 0.29) is 11.9 Å². The molecule has 0 spiro atoms. The molecule has 1 aromatic rings. The molecule has 13 heavy (non-hydrogen) atoms. The third-order valence-corrected chi connectivity index (χ3v) is 2.99. The molecule has 1 aliphatic heterocycles. The number of fused-ring (bicyclic) bond motifs is 1. The summed E-state index contributed by atoms with van der Waals surface area (Å²) in [6.45, 7) is 2.01. The average Bonchev–Trinajstić information content (AvgIpc) is 2.07. The first-order valence-corrected chi connectivity index (χ1v) is 5.06. The zero-order valence-electron chi connectivity index (χ0n) is 7.30. The van der Waals surface area contributed by atoms with E-state index >= 15 is 0 Å². The van der Waals surface area contributed by atoms with Gasteiger partial charge in [-0.2, -0.15) is 0 Å². The summed E-state index contributed by atoms with van der Waals surface area (Å²) in [6, 6.07) is 5.96. The van der Waals surface area contributed by atoms with E-state index in [0.29, 0.717) is 0 Å². The van der Waals surface area contributed by atoms with Crippen LogP contribution in [0.4, 0.5) is 0 Å². The molecule has 0 saturated carbocycles. The number of rotatable bonds is 0. The number of carbonyl (C=O) groups is 1. The molecule has 0 aliphatic carbocycles. The molecule has 1 aliphatic rings. The molecule has 1 aromatic carbocycles. The Labute approximate surface area is 85.5 Å². The normalized spacial score (nSPS) is 20.8. The Balaban J connectivity index is 2.55. The lowest BCUT2D eigenvalue weighted by Gasteiger charge is -2.23. The SMILES string of the molecule is C[C@H]1Cc2c(Br)cccc2C(=O)N1. The molecule has 3 heteroatoms. The first-order valence-electron chi connectivity index (χ1n) is 4.26. The number of halogens is 1. The Morgan fingerprint density at radius 3 is 3.08 bits per heavy atom. The Kier molecular flexibility index (Phi) is 2.12. The van der Waals surface area contributed by atoms with Gasteiger partial charge in [0, 0.05) is 16.1 Å². The highest BCUT2D eigenvalue weighted by molar-refractivity contribution is 9.10. The Hall–Kier alpha value is -0.830. The summed E-state index contributed by atoms with van der Waals surface area (Å²) in [7, 11) is 0. The van der Waals surface area contributed by atoms with Crippen molar-refractivity contribution in [1.29, 1.82) is 0 Å². The summed E-state index contributed by atoms with van der Waals surface area (Å²) in [5.41, 5.74) is 1.92. The highest BCUT2D eigenvalue weighted by Gasteiger charge is 2.22. The van der Waals surface area contributed by atoms with Crippen LogP contribution >= 0.6 is 15.9 Å². The summed E-state index contributed by atoms with van der Waals surface area (Å²) in [4.78, 5) is 11.5. The molecule has 1 atom stereocenters. The number of amides is 1. The van der Waals surface area contributed by atoms with Crippen molar-refractivity contribution in [3.63, 3.8) is 0 Å². The molecule has 1 amide bonds. The molecule has 1 heterocycles. The third kappa shape index (κ3) is 1.48. The monoisotopic (exact) mass is 239 g/mol. The topological polar surface area (TPSA) is 29.1 Å². The highest BCUT2D eigenvalue weighted by Crippen LogP contribution is 2.24.